The van der Waals surface area contributed by atoms with Crippen molar-refractivity contribution in [3.8, 4) is 0 Å². The monoisotopic (exact) mass is 347 g/mol. The Hall–Kier alpha value is -2.38. The first kappa shape index (κ1) is 17.4. The van der Waals surface area contributed by atoms with Gasteiger partial charge < -0.3 is 9.47 Å². The molecule has 8 heteroatoms. The molecule has 1 atom stereocenters. The minimum atomic E-state index is -0.405. The Kier molecular flexibility index (Phi) is 4.78. The van der Waals surface area contributed by atoms with E-state index in [0.717, 1.165) is 30.5 Å². The number of nitrogens with zero attached hydrogens (tertiary/aromatic N) is 5. The van der Waals surface area contributed by atoms with Crippen LogP contribution in [0.2, 0.25) is 0 Å². The van der Waals surface area contributed by atoms with Crippen molar-refractivity contribution < 1.29 is 4.79 Å². The highest BCUT2D eigenvalue weighted by Crippen LogP contribution is 2.20. The fourth-order valence-electron chi connectivity index (χ4n) is 3.57. The number of carbonyl (C=O) groups is 1. The Labute approximate surface area is 145 Å². The first-order valence-electron chi connectivity index (χ1n) is 8.82. The molecular weight excluding hydrogens is 322 g/mol. The molecular formula is C17H25N5O3. The first-order valence-corrected chi connectivity index (χ1v) is 8.82. The number of hydrogen-bond acceptors (Lipinski definition) is 4. The molecule has 3 rings (SSSR count). The van der Waals surface area contributed by atoms with Crippen LogP contribution in [-0.2, 0) is 25.4 Å². The van der Waals surface area contributed by atoms with Crippen molar-refractivity contribution in [2.75, 3.05) is 13.1 Å². The van der Waals surface area contributed by atoms with Crippen molar-refractivity contribution in [3.63, 3.8) is 0 Å². The van der Waals surface area contributed by atoms with Gasteiger partial charge in [0, 0.05) is 40.2 Å². The molecule has 0 radical (unpaired) electrons. The summed E-state index contributed by atoms with van der Waals surface area (Å²) in [4.78, 5) is 43.0. The van der Waals surface area contributed by atoms with Gasteiger partial charge in [-0.15, -0.1) is 0 Å². The normalized spacial score (nSPS) is 18.0. The second-order valence-corrected chi connectivity index (χ2v) is 6.82. The van der Waals surface area contributed by atoms with Crippen LogP contribution in [0.25, 0.3) is 11.2 Å². The van der Waals surface area contributed by atoms with Crippen molar-refractivity contribution in [1.29, 1.82) is 0 Å². The van der Waals surface area contributed by atoms with E-state index in [1.54, 1.807) is 11.6 Å². The number of likely N-dealkylation sites (tertiary alicyclic amines) is 1. The molecule has 1 amide bonds. The zero-order chi connectivity index (χ0) is 18.1. The Balaban J connectivity index is 1.79. The summed E-state index contributed by atoms with van der Waals surface area (Å²) < 4.78 is 4.10. The summed E-state index contributed by atoms with van der Waals surface area (Å²) in [5, 5.41) is 0. The Bertz CT molecular complexity index is 907. The smallest absolute Gasteiger partial charge is 0.332 e. The van der Waals surface area contributed by atoms with E-state index < -0.39 is 5.69 Å². The molecule has 2 aromatic rings. The lowest BCUT2D eigenvalue weighted by Gasteiger charge is -2.32. The highest BCUT2D eigenvalue weighted by atomic mass is 16.2. The average Bonchev–Trinajstić information content (AvgIpc) is 3.06. The molecule has 1 unspecified atom stereocenters. The maximum absolute atomic E-state index is 12.5. The molecule has 8 nitrogen and oxygen atoms in total. The van der Waals surface area contributed by atoms with Crippen molar-refractivity contribution in [2.45, 2.75) is 39.2 Å². The maximum atomic E-state index is 12.5. The molecule has 25 heavy (non-hydrogen) atoms. The standard InChI is InChI=1S/C17H25N5O3/c1-4-12-6-5-8-21(10-12)13(23)7-9-22-11-18-15-14(22)16(24)20(3)17(25)19(15)2/h11-12H,4-10H2,1-3H3. The van der Waals surface area contributed by atoms with Gasteiger partial charge in [0.25, 0.3) is 5.56 Å². The number of carbonyl (C=O) groups excluding carboxylic acids is 1. The third-order valence-corrected chi connectivity index (χ3v) is 5.23. The predicted molar refractivity (Wildman–Crippen MR) is 94.4 cm³/mol. The van der Waals surface area contributed by atoms with E-state index in [1.807, 2.05) is 4.90 Å². The van der Waals surface area contributed by atoms with E-state index in [4.69, 9.17) is 0 Å². The van der Waals surface area contributed by atoms with Crippen molar-refractivity contribution in [3.05, 3.63) is 27.2 Å². The largest absolute Gasteiger partial charge is 0.342 e. The van der Waals surface area contributed by atoms with Gasteiger partial charge in [0.2, 0.25) is 5.91 Å². The molecule has 1 fully saturated rings. The van der Waals surface area contributed by atoms with Gasteiger partial charge in [0.15, 0.2) is 11.2 Å². The van der Waals surface area contributed by atoms with E-state index in [2.05, 4.69) is 11.9 Å². The van der Waals surface area contributed by atoms with Crippen LogP contribution < -0.4 is 11.2 Å². The van der Waals surface area contributed by atoms with E-state index in [0.29, 0.717) is 30.0 Å². The summed E-state index contributed by atoms with van der Waals surface area (Å²) in [5.74, 6) is 0.704. The van der Waals surface area contributed by atoms with E-state index in [-0.39, 0.29) is 11.5 Å². The molecule has 1 aliphatic rings. The summed E-state index contributed by atoms with van der Waals surface area (Å²) in [7, 11) is 3.04. The van der Waals surface area contributed by atoms with Crippen LogP contribution in [-0.4, -0.2) is 42.6 Å². The van der Waals surface area contributed by atoms with Gasteiger partial charge in [-0.05, 0) is 18.8 Å². The lowest BCUT2D eigenvalue weighted by Crippen LogP contribution is -2.40. The summed E-state index contributed by atoms with van der Waals surface area (Å²) in [6, 6.07) is 0. The molecule has 3 heterocycles. The van der Waals surface area contributed by atoms with Crippen LogP contribution in [0.1, 0.15) is 32.6 Å². The molecule has 136 valence electrons. The quantitative estimate of drug-likeness (QED) is 0.805. The lowest BCUT2D eigenvalue weighted by atomic mass is 9.95. The lowest BCUT2D eigenvalue weighted by molar-refractivity contribution is -0.133. The van der Waals surface area contributed by atoms with E-state index in [1.165, 1.54) is 24.4 Å². The van der Waals surface area contributed by atoms with Gasteiger partial charge >= 0.3 is 5.69 Å². The zero-order valence-electron chi connectivity index (χ0n) is 15.1. The Morgan fingerprint density at radius 3 is 2.76 bits per heavy atom. The van der Waals surface area contributed by atoms with Gasteiger partial charge in [-0.25, -0.2) is 9.78 Å². The van der Waals surface area contributed by atoms with Crippen molar-refractivity contribution in [1.82, 2.24) is 23.6 Å². The minimum Gasteiger partial charge on any atom is -0.342 e. The predicted octanol–water partition coefficient (Wildman–Crippen LogP) is 0.472. The molecule has 2 aromatic heterocycles. The molecule has 0 saturated carbocycles. The maximum Gasteiger partial charge on any atom is 0.332 e. The van der Waals surface area contributed by atoms with Gasteiger partial charge in [-0.1, -0.05) is 13.3 Å². The SMILES string of the molecule is CCC1CCCN(C(=O)CCn2cnc3c2c(=O)n(C)c(=O)n3C)C1. The summed E-state index contributed by atoms with van der Waals surface area (Å²) in [6.45, 7) is 4.19. The molecule has 0 aliphatic carbocycles. The molecule has 0 aromatic carbocycles. The fourth-order valence-corrected chi connectivity index (χ4v) is 3.57. The van der Waals surface area contributed by atoms with E-state index in [9.17, 15) is 14.4 Å². The molecule has 1 aliphatic heterocycles. The minimum absolute atomic E-state index is 0.113. The number of aryl methyl sites for hydroxylation is 2. The molecule has 1 saturated heterocycles. The summed E-state index contributed by atoms with van der Waals surface area (Å²) >= 11 is 0. The average molecular weight is 347 g/mol. The fraction of sp³-hybridized carbons (Fsp3) is 0.647. The number of amides is 1. The molecule has 0 bridgehead atoms. The highest BCUT2D eigenvalue weighted by Gasteiger charge is 2.22. The third-order valence-electron chi connectivity index (χ3n) is 5.23. The van der Waals surface area contributed by atoms with Crippen LogP contribution in [0.15, 0.2) is 15.9 Å². The first-order chi connectivity index (χ1) is 11.9. The van der Waals surface area contributed by atoms with Gasteiger partial charge in [0.1, 0.15) is 0 Å². The van der Waals surface area contributed by atoms with Crippen LogP contribution in [0.4, 0.5) is 0 Å². The number of imidazole rings is 1. The highest BCUT2D eigenvalue weighted by molar-refractivity contribution is 5.76. The molecule has 0 N–H and O–H groups in total. The van der Waals surface area contributed by atoms with Crippen LogP contribution >= 0.6 is 0 Å². The number of aromatic nitrogens is 4. The second kappa shape index (κ2) is 6.85. The Morgan fingerprint density at radius 1 is 1.28 bits per heavy atom. The number of piperidine rings is 1. The second-order valence-electron chi connectivity index (χ2n) is 6.82. The van der Waals surface area contributed by atoms with Crippen LogP contribution in [0, 0.1) is 5.92 Å². The van der Waals surface area contributed by atoms with Crippen LogP contribution in [0.3, 0.4) is 0 Å². The third kappa shape index (κ3) is 3.12. The zero-order valence-corrected chi connectivity index (χ0v) is 15.1. The van der Waals surface area contributed by atoms with E-state index >= 15 is 0 Å². The van der Waals surface area contributed by atoms with Gasteiger partial charge in [-0.2, -0.15) is 0 Å². The number of hydrogen-bond donors (Lipinski definition) is 0. The summed E-state index contributed by atoms with van der Waals surface area (Å²) in [6.07, 6.45) is 5.20. The van der Waals surface area contributed by atoms with Crippen molar-refractivity contribution in [2.24, 2.45) is 20.0 Å². The van der Waals surface area contributed by atoms with Gasteiger partial charge in [-0.3, -0.25) is 18.7 Å². The summed E-state index contributed by atoms with van der Waals surface area (Å²) in [5.41, 5.74) is -0.0723. The molecule has 0 spiro atoms. The Morgan fingerprint density at radius 2 is 2.04 bits per heavy atom. The van der Waals surface area contributed by atoms with Crippen molar-refractivity contribution >= 4 is 17.1 Å². The number of rotatable bonds is 4. The van der Waals surface area contributed by atoms with Crippen LogP contribution in [0.5, 0.6) is 0 Å². The topological polar surface area (TPSA) is 82.1 Å². The van der Waals surface area contributed by atoms with Gasteiger partial charge in [0.05, 0.1) is 6.33 Å². The number of fused-ring (bicyclic) bond motifs is 1.